The van der Waals surface area contributed by atoms with Crippen LogP contribution in [0.4, 0.5) is 0 Å². The molecule has 3 unspecified atom stereocenters. The van der Waals surface area contributed by atoms with Crippen molar-refractivity contribution in [2.45, 2.75) is 50.7 Å². The topological polar surface area (TPSA) is 74.3 Å². The number of ether oxygens (including phenoxy) is 2. The normalized spacial score (nSPS) is 24.0. The standard InChI is InChI=1S/C27H37N3O4/c1-33-23-9-7-21(8-10-23)19-28-27(32)26-25(31)12-11-24(34-26)13-14-29-15-17-30(18-16-29)20-22-5-3-2-4-6-22/h2-10,24-26,31H,11-20H2,1H3,(H,28,32). The predicted molar refractivity (Wildman–Crippen MR) is 132 cm³/mol. The summed E-state index contributed by atoms with van der Waals surface area (Å²) in [6.07, 6.45) is 0.706. The number of carbonyl (C=O) groups is 1. The second-order valence-corrected chi connectivity index (χ2v) is 9.28. The molecule has 4 rings (SSSR count). The van der Waals surface area contributed by atoms with E-state index in [-0.39, 0.29) is 12.0 Å². The van der Waals surface area contributed by atoms with Crippen molar-refractivity contribution in [2.75, 3.05) is 39.8 Å². The zero-order chi connectivity index (χ0) is 23.8. The maximum Gasteiger partial charge on any atom is 0.252 e. The van der Waals surface area contributed by atoms with Crippen LogP contribution in [0.2, 0.25) is 0 Å². The van der Waals surface area contributed by atoms with Gasteiger partial charge in [0, 0.05) is 45.8 Å². The van der Waals surface area contributed by atoms with Crippen LogP contribution in [0.15, 0.2) is 54.6 Å². The highest BCUT2D eigenvalue weighted by molar-refractivity contribution is 5.81. The highest BCUT2D eigenvalue weighted by Crippen LogP contribution is 2.23. The van der Waals surface area contributed by atoms with E-state index in [2.05, 4.69) is 45.4 Å². The van der Waals surface area contributed by atoms with Crippen LogP contribution < -0.4 is 10.1 Å². The largest absolute Gasteiger partial charge is 0.497 e. The van der Waals surface area contributed by atoms with E-state index in [4.69, 9.17) is 9.47 Å². The number of rotatable bonds is 9. The lowest BCUT2D eigenvalue weighted by atomic mass is 9.98. The molecular formula is C27H37N3O4. The third kappa shape index (κ3) is 7.03. The molecule has 7 heteroatoms. The van der Waals surface area contributed by atoms with Crippen molar-refractivity contribution >= 4 is 5.91 Å². The van der Waals surface area contributed by atoms with Crippen LogP contribution in [0.5, 0.6) is 5.75 Å². The van der Waals surface area contributed by atoms with Gasteiger partial charge in [0.15, 0.2) is 6.10 Å². The first kappa shape index (κ1) is 24.7. The average Bonchev–Trinajstić information content (AvgIpc) is 2.88. The van der Waals surface area contributed by atoms with Gasteiger partial charge in [0.05, 0.1) is 19.3 Å². The molecule has 2 aromatic rings. The Kier molecular flexibility index (Phi) is 8.93. The van der Waals surface area contributed by atoms with Gasteiger partial charge in [0.1, 0.15) is 5.75 Å². The van der Waals surface area contributed by atoms with Crippen molar-refractivity contribution in [3.63, 3.8) is 0 Å². The molecule has 0 aliphatic carbocycles. The van der Waals surface area contributed by atoms with Gasteiger partial charge in [-0.05, 0) is 42.5 Å². The van der Waals surface area contributed by atoms with Crippen molar-refractivity contribution in [1.82, 2.24) is 15.1 Å². The summed E-state index contributed by atoms with van der Waals surface area (Å²) in [6.45, 7) is 6.59. The summed E-state index contributed by atoms with van der Waals surface area (Å²) in [4.78, 5) is 17.7. The number of methoxy groups -OCH3 is 1. The van der Waals surface area contributed by atoms with Gasteiger partial charge >= 0.3 is 0 Å². The molecule has 1 amide bonds. The molecule has 2 aliphatic heterocycles. The Hall–Kier alpha value is -2.45. The molecule has 0 aromatic heterocycles. The number of aliphatic hydroxyl groups excluding tert-OH is 1. The zero-order valence-corrected chi connectivity index (χ0v) is 20.1. The molecule has 2 fully saturated rings. The van der Waals surface area contributed by atoms with E-state index in [0.29, 0.717) is 13.0 Å². The number of nitrogens with zero attached hydrogens (tertiary/aromatic N) is 2. The van der Waals surface area contributed by atoms with Gasteiger partial charge in [-0.2, -0.15) is 0 Å². The van der Waals surface area contributed by atoms with E-state index in [0.717, 1.165) is 63.4 Å². The molecule has 184 valence electrons. The summed E-state index contributed by atoms with van der Waals surface area (Å²) in [5, 5.41) is 13.3. The Morgan fingerprint density at radius 3 is 2.41 bits per heavy atom. The van der Waals surface area contributed by atoms with E-state index in [1.54, 1.807) is 7.11 Å². The molecule has 3 atom stereocenters. The first-order valence-corrected chi connectivity index (χ1v) is 12.3. The van der Waals surface area contributed by atoms with Crippen LogP contribution in [0.25, 0.3) is 0 Å². The van der Waals surface area contributed by atoms with Crippen molar-refractivity contribution in [2.24, 2.45) is 0 Å². The molecule has 2 aromatic carbocycles. The summed E-state index contributed by atoms with van der Waals surface area (Å²) >= 11 is 0. The summed E-state index contributed by atoms with van der Waals surface area (Å²) in [7, 11) is 1.63. The highest BCUT2D eigenvalue weighted by Gasteiger charge is 2.35. The van der Waals surface area contributed by atoms with Crippen LogP contribution >= 0.6 is 0 Å². The fraction of sp³-hybridized carbons (Fsp3) is 0.519. The van der Waals surface area contributed by atoms with Gasteiger partial charge in [-0.1, -0.05) is 42.5 Å². The Bertz CT molecular complexity index is 885. The van der Waals surface area contributed by atoms with Crippen molar-refractivity contribution in [1.29, 1.82) is 0 Å². The number of carbonyl (C=O) groups excluding carboxylic acids is 1. The van der Waals surface area contributed by atoms with Gasteiger partial charge in [0.2, 0.25) is 0 Å². The molecule has 7 nitrogen and oxygen atoms in total. The Balaban J connectivity index is 1.17. The van der Waals surface area contributed by atoms with E-state index in [9.17, 15) is 9.90 Å². The third-order valence-corrected chi connectivity index (χ3v) is 6.84. The van der Waals surface area contributed by atoms with Crippen molar-refractivity contribution in [3.8, 4) is 5.75 Å². The third-order valence-electron chi connectivity index (χ3n) is 6.84. The fourth-order valence-corrected chi connectivity index (χ4v) is 4.70. The van der Waals surface area contributed by atoms with E-state index >= 15 is 0 Å². The molecular weight excluding hydrogens is 430 g/mol. The van der Waals surface area contributed by atoms with Gasteiger partial charge in [-0.3, -0.25) is 9.69 Å². The number of piperazine rings is 1. The number of benzene rings is 2. The summed E-state index contributed by atoms with van der Waals surface area (Å²) < 4.78 is 11.2. The molecule has 0 spiro atoms. The van der Waals surface area contributed by atoms with Crippen molar-refractivity contribution in [3.05, 3.63) is 65.7 Å². The Morgan fingerprint density at radius 1 is 1.00 bits per heavy atom. The number of amides is 1. The molecule has 34 heavy (non-hydrogen) atoms. The number of hydrogen-bond donors (Lipinski definition) is 2. The Morgan fingerprint density at radius 2 is 1.71 bits per heavy atom. The monoisotopic (exact) mass is 467 g/mol. The van der Waals surface area contributed by atoms with Crippen LogP contribution in [-0.4, -0.2) is 79.0 Å². The molecule has 0 radical (unpaired) electrons. The SMILES string of the molecule is COc1ccc(CNC(=O)C2OC(CCN3CCN(Cc4ccccc4)CC3)CCC2O)cc1. The lowest BCUT2D eigenvalue weighted by Crippen LogP contribution is -2.50. The van der Waals surface area contributed by atoms with Crippen LogP contribution in [-0.2, 0) is 22.6 Å². The number of aliphatic hydroxyl groups is 1. The minimum absolute atomic E-state index is 0.00230. The quantitative estimate of drug-likeness (QED) is 0.590. The lowest BCUT2D eigenvalue weighted by Gasteiger charge is -2.37. The van der Waals surface area contributed by atoms with Gasteiger partial charge < -0.3 is 24.8 Å². The van der Waals surface area contributed by atoms with Crippen LogP contribution in [0.3, 0.4) is 0 Å². The molecule has 0 bridgehead atoms. The predicted octanol–water partition coefficient (Wildman–Crippen LogP) is 2.43. The maximum atomic E-state index is 12.7. The molecule has 0 saturated carbocycles. The average molecular weight is 468 g/mol. The first-order valence-electron chi connectivity index (χ1n) is 12.3. The molecule has 2 saturated heterocycles. The van der Waals surface area contributed by atoms with Crippen molar-refractivity contribution < 1.29 is 19.4 Å². The minimum Gasteiger partial charge on any atom is -0.497 e. The van der Waals surface area contributed by atoms with Gasteiger partial charge in [0.25, 0.3) is 5.91 Å². The smallest absolute Gasteiger partial charge is 0.252 e. The van der Waals surface area contributed by atoms with Gasteiger partial charge in [-0.15, -0.1) is 0 Å². The number of hydrogen-bond acceptors (Lipinski definition) is 6. The summed E-state index contributed by atoms with van der Waals surface area (Å²) in [5.41, 5.74) is 2.34. The summed E-state index contributed by atoms with van der Waals surface area (Å²) in [5.74, 6) is 0.532. The molecule has 2 heterocycles. The molecule has 2 aliphatic rings. The maximum absolute atomic E-state index is 12.7. The fourth-order valence-electron chi connectivity index (χ4n) is 4.70. The van der Waals surface area contributed by atoms with Gasteiger partial charge in [-0.25, -0.2) is 0 Å². The second kappa shape index (κ2) is 12.3. The Labute approximate surface area is 202 Å². The molecule has 2 N–H and O–H groups in total. The minimum atomic E-state index is -0.806. The summed E-state index contributed by atoms with van der Waals surface area (Å²) in [6, 6.07) is 18.2. The first-order chi connectivity index (χ1) is 16.6. The lowest BCUT2D eigenvalue weighted by molar-refractivity contribution is -0.158. The zero-order valence-electron chi connectivity index (χ0n) is 20.1. The van der Waals surface area contributed by atoms with Crippen LogP contribution in [0.1, 0.15) is 30.4 Å². The highest BCUT2D eigenvalue weighted by atomic mass is 16.5. The number of nitrogens with one attached hydrogen (secondary N) is 1. The van der Waals surface area contributed by atoms with Crippen LogP contribution in [0, 0.1) is 0 Å². The van der Waals surface area contributed by atoms with E-state index < -0.39 is 12.2 Å². The second-order valence-electron chi connectivity index (χ2n) is 9.28. The van der Waals surface area contributed by atoms with E-state index in [1.807, 2.05) is 24.3 Å². The van der Waals surface area contributed by atoms with E-state index in [1.165, 1.54) is 5.56 Å².